The van der Waals surface area contributed by atoms with Crippen LogP contribution in [0, 0.1) is 6.42 Å². The molecule has 0 amide bonds. The summed E-state index contributed by atoms with van der Waals surface area (Å²) in [5, 5.41) is 18.3. The fraction of sp³-hybridized carbons (Fsp3) is 0.857. The molecule has 4 unspecified atom stereocenters. The van der Waals surface area contributed by atoms with Gasteiger partial charge in [0.15, 0.2) is 6.29 Å². The summed E-state index contributed by atoms with van der Waals surface area (Å²) in [5.74, 6) is 0. The molecule has 11 heavy (non-hydrogen) atoms. The quantitative estimate of drug-likeness (QED) is 0.526. The Kier molecular flexibility index (Phi) is 2.84. The van der Waals surface area contributed by atoms with Crippen molar-refractivity contribution in [2.24, 2.45) is 0 Å². The van der Waals surface area contributed by atoms with Gasteiger partial charge in [-0.2, -0.15) is 0 Å². The van der Waals surface area contributed by atoms with Gasteiger partial charge >= 0.3 is 0 Å². The van der Waals surface area contributed by atoms with Crippen LogP contribution in [0.4, 0.5) is 0 Å². The molecule has 0 aromatic heterocycles. The first-order chi connectivity index (χ1) is 5.15. The minimum absolute atomic E-state index is 0.307. The van der Waals surface area contributed by atoms with Crippen LogP contribution in [0.5, 0.6) is 0 Å². The molecular weight excluding hydrogens is 148 g/mol. The summed E-state index contributed by atoms with van der Waals surface area (Å²) in [5.41, 5.74) is 0. The topological polar surface area (TPSA) is 58.9 Å². The Bertz CT molecular complexity index is 128. The van der Waals surface area contributed by atoms with Crippen LogP contribution >= 0.6 is 0 Å². The molecule has 4 atom stereocenters. The maximum atomic E-state index is 9.19. The molecule has 4 nitrogen and oxygen atoms in total. The van der Waals surface area contributed by atoms with Crippen molar-refractivity contribution in [3.05, 3.63) is 6.42 Å². The number of aliphatic hydroxyl groups excluding tert-OH is 2. The van der Waals surface area contributed by atoms with Crippen molar-refractivity contribution in [3.8, 4) is 0 Å². The van der Waals surface area contributed by atoms with Crippen LogP contribution in [0.1, 0.15) is 6.92 Å². The molecule has 0 aromatic rings. The molecule has 0 spiro atoms. The van der Waals surface area contributed by atoms with Gasteiger partial charge in [-0.05, 0) is 6.92 Å². The first-order valence-electron chi connectivity index (χ1n) is 3.45. The van der Waals surface area contributed by atoms with Crippen LogP contribution in [0.3, 0.4) is 0 Å². The summed E-state index contributed by atoms with van der Waals surface area (Å²) < 4.78 is 9.85. The molecule has 2 N–H and O–H groups in total. The lowest BCUT2D eigenvalue weighted by molar-refractivity contribution is -0.236. The van der Waals surface area contributed by atoms with Gasteiger partial charge in [-0.1, -0.05) is 0 Å². The van der Waals surface area contributed by atoms with Gasteiger partial charge in [-0.15, -0.1) is 0 Å². The van der Waals surface area contributed by atoms with Gasteiger partial charge < -0.3 is 19.7 Å². The molecule has 1 saturated heterocycles. The zero-order valence-corrected chi connectivity index (χ0v) is 6.52. The minimum atomic E-state index is -1.03. The van der Waals surface area contributed by atoms with E-state index in [-0.39, 0.29) is 6.10 Å². The van der Waals surface area contributed by atoms with E-state index in [9.17, 15) is 5.11 Å². The molecule has 1 heterocycles. The molecule has 0 aliphatic carbocycles. The normalized spacial score (nSPS) is 45.8. The van der Waals surface area contributed by atoms with E-state index in [0.717, 1.165) is 0 Å². The predicted molar refractivity (Wildman–Crippen MR) is 36.6 cm³/mol. The van der Waals surface area contributed by atoms with Crippen molar-refractivity contribution in [1.82, 2.24) is 0 Å². The van der Waals surface area contributed by atoms with Crippen LogP contribution in [0.25, 0.3) is 0 Å². The minimum Gasteiger partial charge on any atom is -0.389 e. The number of methoxy groups -OCH3 is 1. The molecule has 0 bridgehead atoms. The molecule has 1 aliphatic heterocycles. The van der Waals surface area contributed by atoms with E-state index in [1.165, 1.54) is 7.11 Å². The molecular formula is C7H12O4. The zero-order chi connectivity index (χ0) is 8.43. The number of ether oxygens (including phenoxy) is 2. The van der Waals surface area contributed by atoms with E-state index in [4.69, 9.17) is 14.6 Å². The molecule has 64 valence electrons. The fourth-order valence-corrected chi connectivity index (χ4v) is 1.00. The van der Waals surface area contributed by atoms with Crippen LogP contribution in [-0.2, 0) is 9.47 Å². The standard InChI is InChI=1S/C7H12O4/c1-4-3-5(8)6(9)7(10-2)11-4/h4-9H,1-2H3. The highest BCUT2D eigenvalue weighted by Gasteiger charge is 2.35. The van der Waals surface area contributed by atoms with Gasteiger partial charge in [0, 0.05) is 13.5 Å². The molecule has 2 radical (unpaired) electrons. The third-order valence-electron chi connectivity index (χ3n) is 1.58. The van der Waals surface area contributed by atoms with Gasteiger partial charge in [-0.3, -0.25) is 0 Å². The molecule has 1 fully saturated rings. The summed E-state index contributed by atoms with van der Waals surface area (Å²) in [4.78, 5) is 0. The van der Waals surface area contributed by atoms with E-state index in [1.807, 2.05) is 0 Å². The molecule has 1 aliphatic rings. The highest BCUT2D eigenvalue weighted by Crippen LogP contribution is 2.19. The number of hydrogen-bond donors (Lipinski definition) is 2. The molecule has 1 rings (SSSR count). The largest absolute Gasteiger partial charge is 0.389 e. The lowest BCUT2D eigenvalue weighted by Crippen LogP contribution is -2.48. The summed E-state index contributed by atoms with van der Waals surface area (Å²) in [6.07, 6.45) is -0.473. The third kappa shape index (κ3) is 1.90. The van der Waals surface area contributed by atoms with Crippen LogP contribution in [0.15, 0.2) is 0 Å². The molecule has 4 heteroatoms. The first kappa shape index (κ1) is 8.93. The van der Waals surface area contributed by atoms with Gasteiger partial charge in [0.1, 0.15) is 6.10 Å². The SMILES string of the molecule is COC1OC(C)[C]C(O)C1O. The summed E-state index contributed by atoms with van der Waals surface area (Å²) >= 11 is 0. The van der Waals surface area contributed by atoms with Crippen molar-refractivity contribution < 1.29 is 19.7 Å². The highest BCUT2D eigenvalue weighted by atomic mass is 16.7. The second-order valence-electron chi connectivity index (χ2n) is 2.48. The smallest absolute Gasteiger partial charge is 0.185 e. The van der Waals surface area contributed by atoms with Crippen molar-refractivity contribution in [1.29, 1.82) is 0 Å². The van der Waals surface area contributed by atoms with E-state index >= 15 is 0 Å². The maximum Gasteiger partial charge on any atom is 0.185 e. The van der Waals surface area contributed by atoms with Crippen LogP contribution in [0.2, 0.25) is 0 Å². The second kappa shape index (κ2) is 3.49. The highest BCUT2D eigenvalue weighted by molar-refractivity contribution is 4.92. The number of hydrogen-bond acceptors (Lipinski definition) is 4. The Labute approximate surface area is 65.7 Å². The second-order valence-corrected chi connectivity index (χ2v) is 2.48. The lowest BCUT2D eigenvalue weighted by Gasteiger charge is -2.33. The van der Waals surface area contributed by atoms with Gasteiger partial charge in [-0.25, -0.2) is 0 Å². The van der Waals surface area contributed by atoms with Gasteiger partial charge in [0.05, 0.1) is 12.2 Å². The third-order valence-corrected chi connectivity index (χ3v) is 1.58. The molecule has 0 saturated carbocycles. The van der Waals surface area contributed by atoms with Crippen LogP contribution < -0.4 is 0 Å². The maximum absolute atomic E-state index is 9.19. The van der Waals surface area contributed by atoms with E-state index in [2.05, 4.69) is 6.42 Å². The van der Waals surface area contributed by atoms with Crippen molar-refractivity contribution in [3.63, 3.8) is 0 Å². The van der Waals surface area contributed by atoms with E-state index < -0.39 is 18.5 Å². The fourth-order valence-electron chi connectivity index (χ4n) is 1.00. The average molecular weight is 160 g/mol. The zero-order valence-electron chi connectivity index (χ0n) is 6.52. The van der Waals surface area contributed by atoms with E-state index in [1.54, 1.807) is 6.92 Å². The Morgan fingerprint density at radius 1 is 1.45 bits per heavy atom. The number of rotatable bonds is 1. The van der Waals surface area contributed by atoms with Crippen molar-refractivity contribution >= 4 is 0 Å². The van der Waals surface area contributed by atoms with Gasteiger partial charge in [0.2, 0.25) is 0 Å². The Balaban J connectivity index is 2.51. The van der Waals surface area contributed by atoms with Crippen LogP contribution in [-0.4, -0.2) is 41.9 Å². The van der Waals surface area contributed by atoms with Crippen molar-refractivity contribution in [2.45, 2.75) is 31.5 Å². The van der Waals surface area contributed by atoms with Crippen molar-refractivity contribution in [2.75, 3.05) is 7.11 Å². The Hall–Kier alpha value is -0.160. The number of aliphatic hydroxyl groups is 2. The Morgan fingerprint density at radius 2 is 2.09 bits per heavy atom. The first-order valence-corrected chi connectivity index (χ1v) is 3.45. The molecule has 0 aromatic carbocycles. The van der Waals surface area contributed by atoms with Gasteiger partial charge in [0.25, 0.3) is 0 Å². The monoisotopic (exact) mass is 160 g/mol. The summed E-state index contributed by atoms with van der Waals surface area (Å²) in [6, 6.07) is 0. The average Bonchev–Trinajstić information content (AvgIpc) is 1.96. The summed E-state index contributed by atoms with van der Waals surface area (Å²) in [7, 11) is 1.42. The summed E-state index contributed by atoms with van der Waals surface area (Å²) in [6.45, 7) is 1.72. The predicted octanol–water partition coefficient (Wildman–Crippen LogP) is -0.819. The Morgan fingerprint density at radius 3 is 2.64 bits per heavy atom. The van der Waals surface area contributed by atoms with E-state index in [0.29, 0.717) is 0 Å². The lowest BCUT2D eigenvalue weighted by atomic mass is 10.0.